The van der Waals surface area contributed by atoms with Crippen molar-refractivity contribution in [3.05, 3.63) is 53.7 Å². The van der Waals surface area contributed by atoms with E-state index in [4.69, 9.17) is 4.42 Å². The van der Waals surface area contributed by atoms with E-state index in [9.17, 15) is 26.3 Å². The van der Waals surface area contributed by atoms with Gasteiger partial charge in [0.2, 0.25) is 0 Å². The molecule has 5 rings (SSSR count). The topological polar surface area (TPSA) is 97.4 Å². The number of aromatic amines is 1. The van der Waals surface area contributed by atoms with Crippen molar-refractivity contribution >= 4 is 11.5 Å². The van der Waals surface area contributed by atoms with Gasteiger partial charge in [0.15, 0.2) is 5.75 Å². The van der Waals surface area contributed by atoms with Crippen molar-refractivity contribution in [3.8, 4) is 5.75 Å². The molecule has 0 aliphatic carbocycles. The summed E-state index contributed by atoms with van der Waals surface area (Å²) in [6.07, 6.45) is -6.55. The van der Waals surface area contributed by atoms with Crippen LogP contribution in [0.4, 0.5) is 32.4 Å². The van der Waals surface area contributed by atoms with E-state index in [-0.39, 0.29) is 17.8 Å². The summed E-state index contributed by atoms with van der Waals surface area (Å²) in [6, 6.07) is 2.46. The molecule has 5 heterocycles. The zero-order chi connectivity index (χ0) is 22.7. The number of ether oxygens (including phenoxy) is 1. The first-order valence-corrected chi connectivity index (χ1v) is 9.04. The van der Waals surface area contributed by atoms with Gasteiger partial charge in [-0.25, -0.2) is 9.50 Å². The molecule has 1 atom stereocenters. The first-order chi connectivity index (χ1) is 15.1. The second-order valence-corrected chi connectivity index (χ2v) is 6.82. The summed E-state index contributed by atoms with van der Waals surface area (Å²) in [7, 11) is 0. The molecule has 0 saturated carbocycles. The number of alkyl halides is 6. The summed E-state index contributed by atoms with van der Waals surface area (Å²) in [5, 5.41) is 10.9. The average molecular weight is 459 g/mol. The lowest BCUT2D eigenvalue weighted by atomic mass is 10.0. The van der Waals surface area contributed by atoms with Gasteiger partial charge in [-0.2, -0.15) is 18.3 Å². The number of halogens is 6. The number of hydrogen-bond acceptors (Lipinski definition) is 7. The van der Waals surface area contributed by atoms with Crippen molar-refractivity contribution in [2.24, 2.45) is 0 Å². The van der Waals surface area contributed by atoms with Gasteiger partial charge >= 0.3 is 24.4 Å². The Morgan fingerprint density at radius 1 is 1.16 bits per heavy atom. The van der Waals surface area contributed by atoms with Crippen molar-refractivity contribution in [1.29, 1.82) is 0 Å². The molecule has 15 heteroatoms. The van der Waals surface area contributed by atoms with Crippen LogP contribution in [0.2, 0.25) is 0 Å². The molecule has 0 unspecified atom stereocenters. The molecule has 1 aliphatic heterocycles. The second-order valence-electron chi connectivity index (χ2n) is 6.82. The Kier molecular flexibility index (Phi) is 4.32. The molecule has 0 aromatic carbocycles. The summed E-state index contributed by atoms with van der Waals surface area (Å²) in [6.45, 7) is 0.166. The van der Waals surface area contributed by atoms with Gasteiger partial charge in [0.25, 0.3) is 0 Å². The van der Waals surface area contributed by atoms with Crippen LogP contribution in [0.25, 0.3) is 5.52 Å². The maximum Gasteiger partial charge on any atom is 0.573 e. The number of nitrogens with zero attached hydrogens (tertiary/aromatic N) is 6. The van der Waals surface area contributed by atoms with Crippen LogP contribution in [0, 0.1) is 0 Å². The van der Waals surface area contributed by atoms with E-state index in [2.05, 4.69) is 30.0 Å². The van der Waals surface area contributed by atoms with Gasteiger partial charge in [0, 0.05) is 24.9 Å². The second kappa shape index (κ2) is 6.86. The van der Waals surface area contributed by atoms with E-state index >= 15 is 0 Å². The largest absolute Gasteiger partial charge is 0.573 e. The van der Waals surface area contributed by atoms with Crippen LogP contribution >= 0.6 is 0 Å². The standard InChI is InChI=1S/C17H11F6N7O2/c18-16(19,20)14-26-27-15(31-14)29-5-3-8-12(25-7-24-8)13(29)9-6-10-11(32-17(21,22)23)2-1-4-30(10)28-9/h1-2,4,6-7,13H,3,5H2,(H,24,25)/t13-/m1/s1. The number of rotatable bonds is 3. The fourth-order valence-corrected chi connectivity index (χ4v) is 3.58. The Morgan fingerprint density at radius 3 is 2.69 bits per heavy atom. The van der Waals surface area contributed by atoms with Crippen molar-refractivity contribution in [1.82, 2.24) is 29.8 Å². The highest BCUT2D eigenvalue weighted by Gasteiger charge is 2.41. The van der Waals surface area contributed by atoms with Crippen LogP contribution < -0.4 is 9.64 Å². The quantitative estimate of drug-likeness (QED) is 0.469. The van der Waals surface area contributed by atoms with Crippen LogP contribution in [0.5, 0.6) is 5.75 Å². The molecule has 0 fully saturated rings. The molecule has 4 aromatic heterocycles. The Bertz CT molecular complexity index is 1270. The first kappa shape index (κ1) is 20.1. The minimum absolute atomic E-state index is 0.00365. The van der Waals surface area contributed by atoms with Crippen LogP contribution in [0.3, 0.4) is 0 Å². The molecule has 1 aliphatic rings. The van der Waals surface area contributed by atoms with Crippen LogP contribution in [-0.2, 0) is 12.6 Å². The molecule has 168 valence electrons. The third kappa shape index (κ3) is 3.48. The SMILES string of the molecule is FC(F)(F)Oc1cccn2nc([C@@H]3c4nc[nH]c4CCN3c3nnc(C(F)(F)F)o3)cc12. The fourth-order valence-electron chi connectivity index (χ4n) is 3.58. The number of pyridine rings is 1. The number of nitrogens with one attached hydrogen (secondary N) is 1. The number of H-pyrrole nitrogens is 1. The maximum atomic E-state index is 12.9. The zero-order valence-electron chi connectivity index (χ0n) is 15.6. The van der Waals surface area contributed by atoms with Crippen LogP contribution in [0.1, 0.15) is 29.0 Å². The highest BCUT2D eigenvalue weighted by molar-refractivity contribution is 5.61. The summed E-state index contributed by atoms with van der Waals surface area (Å²) >= 11 is 0. The molecular weight excluding hydrogens is 448 g/mol. The van der Waals surface area contributed by atoms with E-state index in [1.54, 1.807) is 0 Å². The predicted octanol–water partition coefficient (Wildman–Crippen LogP) is 3.51. The number of hydrogen-bond donors (Lipinski definition) is 1. The van der Waals surface area contributed by atoms with E-state index in [0.29, 0.717) is 17.8 Å². The van der Waals surface area contributed by atoms with Gasteiger partial charge in [-0.1, -0.05) is 5.10 Å². The summed E-state index contributed by atoms with van der Waals surface area (Å²) in [4.78, 5) is 8.54. The number of fused-ring (bicyclic) bond motifs is 2. The lowest BCUT2D eigenvalue weighted by molar-refractivity contribution is -0.274. The number of anilines is 1. The minimum atomic E-state index is -4.92. The Morgan fingerprint density at radius 2 is 1.97 bits per heavy atom. The van der Waals surface area contributed by atoms with Crippen LogP contribution in [0.15, 0.2) is 35.1 Å². The maximum absolute atomic E-state index is 12.9. The molecule has 32 heavy (non-hydrogen) atoms. The van der Waals surface area contributed by atoms with Gasteiger partial charge in [-0.3, -0.25) is 0 Å². The summed E-state index contributed by atoms with van der Waals surface area (Å²) in [5.74, 6) is -2.00. The lowest BCUT2D eigenvalue weighted by Gasteiger charge is -2.32. The van der Waals surface area contributed by atoms with Crippen molar-refractivity contribution in [3.63, 3.8) is 0 Å². The molecule has 0 amide bonds. The molecular formula is C17H11F6N7O2. The van der Waals surface area contributed by atoms with Gasteiger partial charge < -0.3 is 19.0 Å². The van der Waals surface area contributed by atoms with E-state index in [1.165, 1.54) is 34.1 Å². The zero-order valence-corrected chi connectivity index (χ0v) is 15.6. The lowest BCUT2D eigenvalue weighted by Crippen LogP contribution is -2.37. The first-order valence-electron chi connectivity index (χ1n) is 9.04. The fraction of sp³-hybridized carbons (Fsp3) is 0.294. The minimum Gasteiger partial charge on any atom is -0.403 e. The number of aromatic nitrogens is 6. The average Bonchev–Trinajstić information content (AvgIpc) is 3.43. The van der Waals surface area contributed by atoms with Crippen molar-refractivity contribution in [2.75, 3.05) is 11.4 Å². The Hall–Kier alpha value is -3.78. The van der Waals surface area contributed by atoms with Crippen molar-refractivity contribution in [2.45, 2.75) is 25.0 Å². The van der Waals surface area contributed by atoms with E-state index in [0.717, 1.165) is 6.07 Å². The number of imidazole rings is 1. The van der Waals surface area contributed by atoms with Gasteiger partial charge in [0.1, 0.15) is 11.6 Å². The highest BCUT2D eigenvalue weighted by Crippen LogP contribution is 2.39. The van der Waals surface area contributed by atoms with Crippen molar-refractivity contribution < 1.29 is 35.5 Å². The third-order valence-electron chi connectivity index (χ3n) is 4.82. The van der Waals surface area contributed by atoms with E-state index < -0.39 is 36.2 Å². The van der Waals surface area contributed by atoms with Gasteiger partial charge in [-0.05, 0) is 18.2 Å². The summed E-state index contributed by atoms with van der Waals surface area (Å²) in [5.41, 5.74) is 1.32. The van der Waals surface area contributed by atoms with E-state index in [1.807, 2.05) is 0 Å². The van der Waals surface area contributed by atoms with Gasteiger partial charge in [0.05, 0.1) is 17.7 Å². The summed E-state index contributed by atoms with van der Waals surface area (Å²) < 4.78 is 87.2. The monoisotopic (exact) mass is 459 g/mol. The van der Waals surface area contributed by atoms with Crippen LogP contribution in [-0.4, -0.2) is 42.7 Å². The predicted molar refractivity (Wildman–Crippen MR) is 92.7 cm³/mol. The Labute approximate surface area is 173 Å². The molecule has 0 radical (unpaired) electrons. The molecule has 9 nitrogen and oxygen atoms in total. The Balaban J connectivity index is 1.61. The molecule has 1 N–H and O–H groups in total. The highest BCUT2D eigenvalue weighted by atomic mass is 19.4. The molecule has 4 aromatic rings. The smallest absolute Gasteiger partial charge is 0.403 e. The third-order valence-corrected chi connectivity index (χ3v) is 4.82. The normalized spacial score (nSPS) is 17.1. The molecule has 0 bridgehead atoms. The van der Waals surface area contributed by atoms with Gasteiger partial charge in [-0.15, -0.1) is 18.3 Å². The molecule has 0 spiro atoms. The molecule has 0 saturated heterocycles.